The van der Waals surface area contributed by atoms with Gasteiger partial charge in [0, 0.05) is 25.0 Å². The molecule has 12 nitrogen and oxygen atoms in total. The summed E-state index contributed by atoms with van der Waals surface area (Å²) in [5, 5.41) is 11.7. The van der Waals surface area contributed by atoms with E-state index in [0.717, 1.165) is 0 Å². The van der Waals surface area contributed by atoms with E-state index in [1.807, 2.05) is 34.6 Å². The van der Waals surface area contributed by atoms with Gasteiger partial charge in [0.1, 0.15) is 0 Å². The number of hydrogen-bond donors (Lipinski definition) is 3. The van der Waals surface area contributed by atoms with Gasteiger partial charge in [-0.3, -0.25) is 0 Å². The minimum Gasteiger partial charge on any atom is -0.399 e. The van der Waals surface area contributed by atoms with Crippen molar-refractivity contribution in [3.05, 3.63) is 11.9 Å². The molecule has 0 saturated heterocycles. The first kappa shape index (κ1) is 42.4. The van der Waals surface area contributed by atoms with Crippen LogP contribution in [-0.4, -0.2) is 137 Å². The van der Waals surface area contributed by atoms with E-state index in [9.17, 15) is 0 Å². The van der Waals surface area contributed by atoms with Crippen LogP contribution in [0.2, 0.25) is 0 Å². The molecule has 0 aliphatic heterocycles. The Labute approximate surface area is 237 Å². The third-order valence-corrected chi connectivity index (χ3v) is 4.04. The summed E-state index contributed by atoms with van der Waals surface area (Å²) in [4.78, 5) is 0. The fourth-order valence-electron chi connectivity index (χ4n) is 2.28. The lowest BCUT2D eigenvalue weighted by molar-refractivity contribution is -0.0247. The summed E-state index contributed by atoms with van der Waals surface area (Å²) >= 11 is 0. The van der Waals surface area contributed by atoms with Gasteiger partial charge in [-0.15, -0.1) is 0 Å². The Morgan fingerprint density at radius 3 is 1.03 bits per heavy atom. The fraction of sp³-hybridized carbons (Fsp3) is 0.926. The molecular weight excluding hydrogens is 512 g/mol. The highest BCUT2D eigenvalue weighted by molar-refractivity contribution is 4.93. The molecular formula is C27H60N2O10. The van der Waals surface area contributed by atoms with Crippen LogP contribution in [0.15, 0.2) is 11.9 Å². The van der Waals surface area contributed by atoms with Crippen molar-refractivity contribution < 1.29 is 47.7 Å². The van der Waals surface area contributed by atoms with Crippen LogP contribution < -0.4 is 11.1 Å². The zero-order valence-electron chi connectivity index (χ0n) is 25.4. The first-order valence-corrected chi connectivity index (χ1v) is 14.3. The van der Waals surface area contributed by atoms with Crippen molar-refractivity contribution >= 4 is 0 Å². The Balaban J connectivity index is -0.00000308. The van der Waals surface area contributed by atoms with E-state index in [0.29, 0.717) is 131 Å². The van der Waals surface area contributed by atoms with Gasteiger partial charge in [-0.25, -0.2) is 0 Å². The van der Waals surface area contributed by atoms with Crippen molar-refractivity contribution in [2.24, 2.45) is 5.73 Å². The summed E-state index contributed by atoms with van der Waals surface area (Å²) in [5.74, 6) is 0. The molecule has 0 unspecified atom stereocenters. The molecule has 0 aromatic carbocycles. The number of rotatable bonds is 30. The summed E-state index contributed by atoms with van der Waals surface area (Å²) in [6.45, 7) is 20.2. The summed E-state index contributed by atoms with van der Waals surface area (Å²) in [5.41, 5.74) is 5.82. The van der Waals surface area contributed by atoms with Gasteiger partial charge in [0.15, 0.2) is 0 Å². The fourth-order valence-corrected chi connectivity index (χ4v) is 2.28. The van der Waals surface area contributed by atoms with Gasteiger partial charge in [0.25, 0.3) is 0 Å². The Bertz CT molecular complexity index is 435. The second-order valence-corrected chi connectivity index (χ2v) is 6.93. The molecule has 4 N–H and O–H groups in total. The number of aliphatic hydroxyl groups excluding tert-OH is 1. The molecule has 0 aromatic heterocycles. The zero-order valence-corrected chi connectivity index (χ0v) is 25.4. The zero-order chi connectivity index (χ0) is 29.5. The first-order chi connectivity index (χ1) is 19.3. The van der Waals surface area contributed by atoms with E-state index in [1.165, 1.54) is 0 Å². The van der Waals surface area contributed by atoms with Crippen LogP contribution in [-0.2, 0) is 42.6 Å². The van der Waals surface area contributed by atoms with E-state index in [-0.39, 0.29) is 6.61 Å². The first-order valence-electron chi connectivity index (χ1n) is 14.3. The molecule has 0 aliphatic carbocycles. The largest absolute Gasteiger partial charge is 0.399 e. The Hall–Kier alpha value is -1.06. The van der Waals surface area contributed by atoms with Crippen molar-refractivity contribution in [2.75, 3.05) is 132 Å². The highest BCUT2D eigenvalue weighted by Gasteiger charge is 1.95. The van der Waals surface area contributed by atoms with Gasteiger partial charge in [0.05, 0.1) is 119 Å². The number of hydrogen-bond acceptors (Lipinski definition) is 12. The quantitative estimate of drug-likeness (QED) is 0.108. The van der Waals surface area contributed by atoms with Crippen LogP contribution in [0.5, 0.6) is 0 Å². The summed E-state index contributed by atoms with van der Waals surface area (Å²) < 4.78 is 48.4. The molecule has 238 valence electrons. The molecule has 0 heterocycles. The van der Waals surface area contributed by atoms with Crippen LogP contribution in [0, 0.1) is 0 Å². The van der Waals surface area contributed by atoms with Crippen molar-refractivity contribution in [1.29, 1.82) is 0 Å². The average Bonchev–Trinajstić information content (AvgIpc) is 2.98. The SMILES string of the molecule is CC.CC.CCOCCOCCOCCOCCOCCOCCOCCOCCOCCN/C=C(\N)CO. The van der Waals surface area contributed by atoms with Gasteiger partial charge in [-0.05, 0) is 6.92 Å². The predicted molar refractivity (Wildman–Crippen MR) is 153 cm³/mol. The Kier molecular flexibility index (Phi) is 47.8. The molecule has 0 spiro atoms. The van der Waals surface area contributed by atoms with E-state index < -0.39 is 0 Å². The molecule has 12 heteroatoms. The number of ether oxygens (including phenoxy) is 9. The van der Waals surface area contributed by atoms with Gasteiger partial charge >= 0.3 is 0 Å². The maximum absolute atomic E-state index is 8.73. The summed E-state index contributed by atoms with van der Waals surface area (Å²) in [7, 11) is 0. The van der Waals surface area contributed by atoms with Crippen LogP contribution in [0.1, 0.15) is 34.6 Å². The molecule has 0 aromatic rings. The maximum atomic E-state index is 8.73. The molecule has 39 heavy (non-hydrogen) atoms. The normalized spacial score (nSPS) is 11.0. The van der Waals surface area contributed by atoms with Crippen LogP contribution in [0.4, 0.5) is 0 Å². The standard InChI is InChI=1S/C23H48N2O10.2C2H6/c1-2-27-5-6-29-9-10-31-13-14-33-17-18-35-20-19-34-16-15-32-12-11-30-8-7-28-4-3-25-21-23(24)22-26;2*1-2/h21,25-26H,2-20,22,24H2,1H3;2*1-2H3/b23-21-;;. The molecule has 0 bridgehead atoms. The van der Waals surface area contributed by atoms with Crippen molar-refractivity contribution in [3.8, 4) is 0 Å². The minimum atomic E-state index is -0.161. The van der Waals surface area contributed by atoms with E-state index in [1.54, 1.807) is 6.20 Å². The summed E-state index contributed by atoms with van der Waals surface area (Å²) in [6, 6.07) is 0. The van der Waals surface area contributed by atoms with Gasteiger partial charge in [-0.1, -0.05) is 27.7 Å². The van der Waals surface area contributed by atoms with Gasteiger partial charge in [0.2, 0.25) is 0 Å². The topological polar surface area (TPSA) is 141 Å². The third-order valence-electron chi connectivity index (χ3n) is 4.04. The van der Waals surface area contributed by atoms with Crippen molar-refractivity contribution in [2.45, 2.75) is 34.6 Å². The minimum absolute atomic E-state index is 0.161. The molecule has 0 radical (unpaired) electrons. The van der Waals surface area contributed by atoms with E-state index in [2.05, 4.69) is 5.32 Å². The average molecular weight is 573 g/mol. The maximum Gasteiger partial charge on any atom is 0.0840 e. The smallest absolute Gasteiger partial charge is 0.0840 e. The number of nitrogens with one attached hydrogen (secondary N) is 1. The number of aliphatic hydroxyl groups is 1. The highest BCUT2D eigenvalue weighted by Crippen LogP contribution is 1.86. The van der Waals surface area contributed by atoms with E-state index in [4.69, 9.17) is 53.5 Å². The lowest BCUT2D eigenvalue weighted by Gasteiger charge is -2.09. The summed E-state index contributed by atoms with van der Waals surface area (Å²) in [6.07, 6.45) is 1.56. The molecule has 0 atom stereocenters. The lowest BCUT2D eigenvalue weighted by Crippen LogP contribution is -2.18. The predicted octanol–water partition coefficient (Wildman–Crippen LogP) is 1.59. The molecule has 0 aliphatic rings. The van der Waals surface area contributed by atoms with Gasteiger partial charge < -0.3 is 58.8 Å². The monoisotopic (exact) mass is 572 g/mol. The third kappa shape index (κ3) is 44.2. The van der Waals surface area contributed by atoms with Crippen molar-refractivity contribution in [1.82, 2.24) is 5.32 Å². The van der Waals surface area contributed by atoms with Gasteiger partial charge in [-0.2, -0.15) is 0 Å². The molecule has 0 fully saturated rings. The molecule has 0 rings (SSSR count). The number of nitrogens with two attached hydrogens (primary N) is 1. The molecule has 0 amide bonds. The highest BCUT2D eigenvalue weighted by atomic mass is 16.6. The van der Waals surface area contributed by atoms with Crippen LogP contribution >= 0.6 is 0 Å². The Morgan fingerprint density at radius 2 is 0.769 bits per heavy atom. The molecule has 0 saturated carbocycles. The second-order valence-electron chi connectivity index (χ2n) is 6.93. The second kappa shape index (κ2) is 44.0. The van der Waals surface area contributed by atoms with E-state index >= 15 is 0 Å². The lowest BCUT2D eigenvalue weighted by atomic mass is 10.5. The Morgan fingerprint density at radius 1 is 0.513 bits per heavy atom. The van der Waals surface area contributed by atoms with Crippen LogP contribution in [0.25, 0.3) is 0 Å². The van der Waals surface area contributed by atoms with Crippen LogP contribution in [0.3, 0.4) is 0 Å². The van der Waals surface area contributed by atoms with Crippen molar-refractivity contribution in [3.63, 3.8) is 0 Å².